The van der Waals surface area contributed by atoms with Crippen molar-refractivity contribution in [2.24, 2.45) is 17.3 Å². The highest BCUT2D eigenvalue weighted by Crippen LogP contribution is 2.63. The van der Waals surface area contributed by atoms with Crippen LogP contribution in [0.2, 0.25) is 0 Å². The summed E-state index contributed by atoms with van der Waals surface area (Å²) in [4.78, 5) is 0. The molecular formula is C14H24O3. The van der Waals surface area contributed by atoms with Crippen LogP contribution in [0.3, 0.4) is 0 Å². The summed E-state index contributed by atoms with van der Waals surface area (Å²) in [5.41, 5.74) is 0.208. The molecule has 1 aliphatic heterocycles. The highest BCUT2D eigenvalue weighted by Gasteiger charge is 2.60. The average Bonchev–Trinajstić information content (AvgIpc) is 3.05. The third kappa shape index (κ3) is 2.25. The van der Waals surface area contributed by atoms with Crippen molar-refractivity contribution in [3.8, 4) is 0 Å². The van der Waals surface area contributed by atoms with Gasteiger partial charge in [-0.3, -0.25) is 0 Å². The maximum absolute atomic E-state index is 9.95. The van der Waals surface area contributed by atoms with Crippen molar-refractivity contribution >= 4 is 0 Å². The Balaban J connectivity index is 1.47. The summed E-state index contributed by atoms with van der Waals surface area (Å²) in [5, 5.41) is 9.95. The molecule has 0 bridgehead atoms. The Morgan fingerprint density at radius 3 is 2.94 bits per heavy atom. The van der Waals surface area contributed by atoms with Gasteiger partial charge in [0.2, 0.25) is 0 Å². The first-order valence-corrected chi connectivity index (χ1v) is 7.11. The van der Waals surface area contributed by atoms with E-state index < -0.39 is 0 Å². The largest absolute Gasteiger partial charge is 0.393 e. The van der Waals surface area contributed by atoms with E-state index in [1.807, 2.05) is 0 Å². The molecule has 0 amide bonds. The normalized spacial score (nSPS) is 49.8. The minimum absolute atomic E-state index is 0.0422. The van der Waals surface area contributed by atoms with E-state index in [0.29, 0.717) is 11.8 Å². The molecule has 3 heteroatoms. The van der Waals surface area contributed by atoms with Crippen molar-refractivity contribution in [1.82, 2.24) is 0 Å². The lowest BCUT2D eigenvalue weighted by atomic mass is 9.81. The molecular weight excluding hydrogens is 216 g/mol. The van der Waals surface area contributed by atoms with E-state index >= 15 is 0 Å². The fourth-order valence-electron chi connectivity index (χ4n) is 3.68. The lowest BCUT2D eigenvalue weighted by Crippen LogP contribution is -2.32. The Morgan fingerprint density at radius 2 is 2.18 bits per heavy atom. The fraction of sp³-hybridized carbons (Fsp3) is 1.00. The van der Waals surface area contributed by atoms with E-state index in [2.05, 4.69) is 6.92 Å². The molecule has 0 radical (unpaired) electrons. The van der Waals surface area contributed by atoms with Gasteiger partial charge in [-0.05, 0) is 55.8 Å². The van der Waals surface area contributed by atoms with Gasteiger partial charge < -0.3 is 14.6 Å². The quantitative estimate of drug-likeness (QED) is 0.823. The third-order valence-corrected chi connectivity index (χ3v) is 5.12. The number of hydrogen-bond donors (Lipinski definition) is 1. The second kappa shape index (κ2) is 4.52. The first-order chi connectivity index (χ1) is 8.20. The van der Waals surface area contributed by atoms with Crippen LogP contribution in [0.5, 0.6) is 0 Å². The van der Waals surface area contributed by atoms with Crippen LogP contribution in [0.1, 0.15) is 45.4 Å². The van der Waals surface area contributed by atoms with Crippen molar-refractivity contribution in [3.63, 3.8) is 0 Å². The molecule has 5 atom stereocenters. The van der Waals surface area contributed by atoms with Gasteiger partial charge in [-0.1, -0.05) is 6.92 Å². The number of aliphatic hydroxyl groups excluding tert-OH is 1. The number of ether oxygens (including phenoxy) is 2. The van der Waals surface area contributed by atoms with Crippen molar-refractivity contribution in [2.45, 2.75) is 57.8 Å². The zero-order valence-corrected chi connectivity index (χ0v) is 10.7. The predicted molar refractivity (Wildman–Crippen MR) is 64.5 cm³/mol. The van der Waals surface area contributed by atoms with E-state index in [1.54, 1.807) is 0 Å². The minimum Gasteiger partial charge on any atom is -0.393 e. The van der Waals surface area contributed by atoms with Gasteiger partial charge in [0.15, 0.2) is 6.29 Å². The molecule has 1 heterocycles. The van der Waals surface area contributed by atoms with Crippen LogP contribution in [0, 0.1) is 17.3 Å². The van der Waals surface area contributed by atoms with Crippen molar-refractivity contribution in [2.75, 3.05) is 13.2 Å². The van der Waals surface area contributed by atoms with E-state index in [9.17, 15) is 5.11 Å². The summed E-state index contributed by atoms with van der Waals surface area (Å²) in [5.74, 6) is 1.34. The van der Waals surface area contributed by atoms with Crippen molar-refractivity contribution in [3.05, 3.63) is 0 Å². The van der Waals surface area contributed by atoms with Gasteiger partial charge in [-0.2, -0.15) is 0 Å². The van der Waals surface area contributed by atoms with Gasteiger partial charge in [0.25, 0.3) is 0 Å². The Morgan fingerprint density at radius 1 is 1.29 bits per heavy atom. The average molecular weight is 240 g/mol. The molecule has 98 valence electrons. The number of aliphatic hydroxyl groups is 1. The molecule has 0 aromatic carbocycles. The molecule has 3 nitrogen and oxygen atoms in total. The van der Waals surface area contributed by atoms with Gasteiger partial charge in [0.1, 0.15) is 0 Å². The molecule has 17 heavy (non-hydrogen) atoms. The highest BCUT2D eigenvalue weighted by atomic mass is 16.7. The van der Waals surface area contributed by atoms with Crippen LogP contribution in [0.4, 0.5) is 0 Å². The lowest BCUT2D eigenvalue weighted by molar-refractivity contribution is -0.172. The molecule has 1 saturated heterocycles. The molecule has 1 N–H and O–H groups in total. The molecule has 2 aliphatic carbocycles. The first-order valence-electron chi connectivity index (χ1n) is 7.11. The van der Waals surface area contributed by atoms with E-state index in [-0.39, 0.29) is 17.8 Å². The van der Waals surface area contributed by atoms with Crippen LogP contribution >= 0.6 is 0 Å². The second-order valence-electron chi connectivity index (χ2n) is 6.30. The van der Waals surface area contributed by atoms with Crippen molar-refractivity contribution < 1.29 is 14.6 Å². The molecule has 0 aromatic heterocycles. The maximum atomic E-state index is 9.95. The number of rotatable bonds is 3. The standard InChI is InChI=1S/C14H24O3/c1-14-8-11(14)10(5-6-12(14)15)9-17-13-4-2-3-7-16-13/h10-13,15H,2-9H2,1H3/t10?,11?,12-,13?,14?/m1/s1. The molecule has 0 aromatic rings. The zero-order chi connectivity index (χ0) is 11.9. The first kappa shape index (κ1) is 11.9. The monoisotopic (exact) mass is 240 g/mol. The Hall–Kier alpha value is -0.120. The summed E-state index contributed by atoms with van der Waals surface area (Å²) >= 11 is 0. The maximum Gasteiger partial charge on any atom is 0.157 e. The fourth-order valence-corrected chi connectivity index (χ4v) is 3.68. The van der Waals surface area contributed by atoms with Crippen LogP contribution in [-0.2, 0) is 9.47 Å². The van der Waals surface area contributed by atoms with Gasteiger partial charge in [-0.25, -0.2) is 0 Å². The lowest BCUT2D eigenvalue weighted by Gasteiger charge is -2.32. The Labute approximate surface area is 103 Å². The molecule has 3 fully saturated rings. The van der Waals surface area contributed by atoms with Crippen LogP contribution in [-0.4, -0.2) is 30.7 Å². The van der Waals surface area contributed by atoms with Crippen molar-refractivity contribution in [1.29, 1.82) is 0 Å². The molecule has 3 aliphatic rings. The van der Waals surface area contributed by atoms with Gasteiger partial charge in [-0.15, -0.1) is 0 Å². The molecule has 0 spiro atoms. The second-order valence-corrected chi connectivity index (χ2v) is 6.30. The summed E-state index contributed by atoms with van der Waals surface area (Å²) in [6, 6.07) is 0. The summed E-state index contributed by atoms with van der Waals surface area (Å²) in [7, 11) is 0. The predicted octanol–water partition coefficient (Wildman–Crippen LogP) is 2.33. The summed E-state index contributed by atoms with van der Waals surface area (Å²) in [6.07, 6.45) is 6.69. The van der Waals surface area contributed by atoms with Gasteiger partial charge in [0, 0.05) is 6.61 Å². The summed E-state index contributed by atoms with van der Waals surface area (Å²) in [6.45, 7) is 3.92. The molecule has 4 unspecified atom stereocenters. The van der Waals surface area contributed by atoms with Gasteiger partial charge in [0.05, 0.1) is 12.7 Å². The van der Waals surface area contributed by atoms with Crippen LogP contribution in [0.15, 0.2) is 0 Å². The molecule has 2 saturated carbocycles. The Bertz CT molecular complexity index is 275. The van der Waals surface area contributed by atoms with Crippen LogP contribution in [0.25, 0.3) is 0 Å². The summed E-state index contributed by atoms with van der Waals surface area (Å²) < 4.78 is 11.5. The van der Waals surface area contributed by atoms with Crippen LogP contribution < -0.4 is 0 Å². The number of hydrogen-bond acceptors (Lipinski definition) is 3. The topological polar surface area (TPSA) is 38.7 Å². The third-order valence-electron chi connectivity index (χ3n) is 5.12. The zero-order valence-electron chi connectivity index (χ0n) is 10.7. The highest BCUT2D eigenvalue weighted by molar-refractivity contribution is 5.09. The molecule has 3 rings (SSSR count). The van der Waals surface area contributed by atoms with E-state index in [0.717, 1.165) is 32.5 Å². The number of fused-ring (bicyclic) bond motifs is 1. The Kier molecular flexibility index (Phi) is 3.18. The van der Waals surface area contributed by atoms with E-state index in [1.165, 1.54) is 19.3 Å². The van der Waals surface area contributed by atoms with Gasteiger partial charge >= 0.3 is 0 Å². The van der Waals surface area contributed by atoms with E-state index in [4.69, 9.17) is 9.47 Å². The minimum atomic E-state index is -0.0744. The smallest absolute Gasteiger partial charge is 0.157 e. The SMILES string of the molecule is CC12CC1C(COC1CCCCO1)CC[C@H]2O.